The molecule has 4 aliphatic carbocycles. The van der Waals surface area contributed by atoms with Gasteiger partial charge in [-0.25, -0.2) is 9.59 Å². The molecule has 1 aromatic rings. The summed E-state index contributed by atoms with van der Waals surface area (Å²) in [6.45, 7) is 23.4. The normalized spacial score (nSPS) is 42.0. The number of esters is 1. The maximum atomic E-state index is 14.0. The largest absolute Gasteiger partial charge is 0.460 e. The maximum Gasteiger partial charge on any atom is 0.408 e. The van der Waals surface area contributed by atoms with Gasteiger partial charge in [0, 0.05) is 11.8 Å². The van der Waals surface area contributed by atoms with Gasteiger partial charge in [0.1, 0.15) is 17.7 Å². The third kappa shape index (κ3) is 6.73. The number of aliphatic hydroxyl groups is 2. The Bertz CT molecular complexity index is 1480. The molecule has 0 bridgehead atoms. The molecule has 12 atom stereocenters. The van der Waals surface area contributed by atoms with Gasteiger partial charge in [0.25, 0.3) is 0 Å². The summed E-state index contributed by atoms with van der Waals surface area (Å²) in [5, 5.41) is 25.9. The highest BCUT2D eigenvalue weighted by Gasteiger charge is 2.72. The van der Waals surface area contributed by atoms with Gasteiger partial charge in [-0.3, -0.25) is 0 Å². The Labute approximate surface area is 313 Å². The third-order valence-electron chi connectivity index (χ3n) is 15.7. The first-order chi connectivity index (χ1) is 23.9. The molecule has 0 aromatic heterocycles. The number of rotatable bonds is 7. The van der Waals surface area contributed by atoms with E-state index in [1.54, 1.807) is 0 Å². The van der Waals surface area contributed by atoms with Crippen LogP contribution in [0.3, 0.4) is 0 Å². The van der Waals surface area contributed by atoms with Crippen LogP contribution in [0.25, 0.3) is 0 Å². The van der Waals surface area contributed by atoms with Crippen LogP contribution in [-0.4, -0.2) is 63.4 Å². The molecule has 1 saturated heterocycles. The molecule has 1 heterocycles. The van der Waals surface area contributed by atoms with E-state index >= 15 is 0 Å². The van der Waals surface area contributed by atoms with Crippen molar-refractivity contribution >= 4 is 12.1 Å². The van der Waals surface area contributed by atoms with Crippen molar-refractivity contribution in [3.63, 3.8) is 0 Å². The minimum atomic E-state index is -0.883. The number of carbonyl (C=O) groups is 2. The van der Waals surface area contributed by atoms with Crippen LogP contribution in [0, 0.1) is 45.3 Å². The highest BCUT2D eigenvalue weighted by molar-refractivity contribution is 5.82. The second-order valence-corrected chi connectivity index (χ2v) is 20.7. The first-order valence-electron chi connectivity index (χ1n) is 20.3. The Hall–Kier alpha value is -2.16. The Kier molecular flexibility index (Phi) is 10.1. The number of benzene rings is 1. The van der Waals surface area contributed by atoms with Crippen LogP contribution in [-0.2, 0) is 25.4 Å². The summed E-state index contributed by atoms with van der Waals surface area (Å²) in [7, 11) is 0. The zero-order chi connectivity index (χ0) is 38.3. The molecule has 292 valence electrons. The van der Waals surface area contributed by atoms with E-state index in [4.69, 9.17) is 14.2 Å². The molecule has 0 spiro atoms. The van der Waals surface area contributed by atoms with Gasteiger partial charge in [0.05, 0.1) is 23.4 Å². The topological polar surface area (TPSA) is 114 Å². The SMILES string of the molecule is CC(C)(C)OC(=O)N[C@@H](Cc1ccccc1)C(=O)O[C@H]1CC[C@]2(C)[C@H]3C[C@@H](O)[C@@H]4[C@@H]([C@]5(C)CC[C@@H](C(C)(C)O)O5)CC[C@@]4(C)[C@]3(C)CC[C@H]2C1(C)C. The summed E-state index contributed by atoms with van der Waals surface area (Å²) >= 11 is 0. The van der Waals surface area contributed by atoms with E-state index in [9.17, 15) is 19.8 Å². The quantitative estimate of drug-likeness (QED) is 0.242. The predicted octanol–water partition coefficient (Wildman–Crippen LogP) is 8.40. The van der Waals surface area contributed by atoms with E-state index in [1.807, 2.05) is 65.0 Å². The van der Waals surface area contributed by atoms with Crippen LogP contribution < -0.4 is 5.32 Å². The van der Waals surface area contributed by atoms with Gasteiger partial charge < -0.3 is 29.7 Å². The van der Waals surface area contributed by atoms with Gasteiger partial charge in [-0.05, 0) is 145 Å². The molecule has 8 nitrogen and oxygen atoms in total. The molecule has 3 N–H and O–H groups in total. The number of hydrogen-bond acceptors (Lipinski definition) is 7. The van der Waals surface area contributed by atoms with Crippen molar-refractivity contribution in [3.8, 4) is 0 Å². The summed E-state index contributed by atoms with van der Waals surface area (Å²) < 4.78 is 18.7. The second-order valence-electron chi connectivity index (χ2n) is 20.7. The van der Waals surface area contributed by atoms with Crippen molar-refractivity contribution in [2.24, 2.45) is 45.3 Å². The molecule has 1 aliphatic heterocycles. The molecule has 5 aliphatic rings. The Balaban J connectivity index is 1.21. The van der Waals surface area contributed by atoms with Gasteiger partial charge in [0.15, 0.2) is 0 Å². The monoisotopic (exact) mass is 724 g/mol. The number of ether oxygens (including phenoxy) is 3. The first-order valence-corrected chi connectivity index (χ1v) is 20.3. The van der Waals surface area contributed by atoms with Crippen molar-refractivity contribution in [2.45, 2.75) is 182 Å². The van der Waals surface area contributed by atoms with E-state index in [-0.39, 0.29) is 51.3 Å². The molecular weight excluding hydrogens is 654 g/mol. The van der Waals surface area contributed by atoms with Crippen molar-refractivity contribution in [3.05, 3.63) is 35.9 Å². The highest BCUT2D eigenvalue weighted by Crippen LogP contribution is 2.76. The second kappa shape index (κ2) is 13.3. The van der Waals surface area contributed by atoms with Gasteiger partial charge in [0.2, 0.25) is 0 Å². The lowest BCUT2D eigenvalue weighted by atomic mass is 9.35. The van der Waals surface area contributed by atoms with Gasteiger partial charge in [-0.15, -0.1) is 0 Å². The van der Waals surface area contributed by atoms with Crippen molar-refractivity contribution in [1.82, 2.24) is 5.32 Å². The average Bonchev–Trinajstić information content (AvgIpc) is 3.62. The summed E-state index contributed by atoms with van der Waals surface area (Å²) in [5.74, 6) is 0.637. The van der Waals surface area contributed by atoms with Gasteiger partial charge in [-0.1, -0.05) is 65.0 Å². The van der Waals surface area contributed by atoms with E-state index < -0.39 is 35.4 Å². The number of carbonyl (C=O) groups excluding carboxylic acids is 2. The fraction of sp³-hybridized carbons (Fsp3) is 0.818. The molecule has 6 rings (SSSR count). The number of nitrogens with one attached hydrogen (secondary N) is 1. The number of hydrogen-bond donors (Lipinski definition) is 3. The fourth-order valence-corrected chi connectivity index (χ4v) is 13.0. The van der Waals surface area contributed by atoms with Crippen molar-refractivity contribution in [1.29, 1.82) is 0 Å². The molecule has 8 heteroatoms. The number of aliphatic hydroxyl groups excluding tert-OH is 1. The lowest BCUT2D eigenvalue weighted by molar-refractivity contribution is -0.251. The molecule has 5 fully saturated rings. The minimum absolute atomic E-state index is 0.0234. The maximum absolute atomic E-state index is 14.0. The minimum Gasteiger partial charge on any atom is -0.460 e. The number of fused-ring (bicyclic) bond motifs is 5. The smallest absolute Gasteiger partial charge is 0.408 e. The molecule has 4 saturated carbocycles. The van der Waals surface area contributed by atoms with E-state index in [0.717, 1.165) is 63.4 Å². The van der Waals surface area contributed by atoms with Crippen LogP contribution in [0.15, 0.2) is 30.3 Å². The summed E-state index contributed by atoms with van der Waals surface area (Å²) in [6.07, 6.45) is 7.25. The number of amides is 1. The Morgan fingerprint density at radius 1 is 0.885 bits per heavy atom. The fourth-order valence-electron chi connectivity index (χ4n) is 13.0. The van der Waals surface area contributed by atoms with E-state index in [0.29, 0.717) is 18.3 Å². The number of alkyl carbamates (subject to hydrolysis) is 1. The molecular formula is C44H69NO7. The molecule has 1 aromatic carbocycles. The standard InChI is InChI=1S/C44H69NO7/c1-38(2,3)52-37(48)45-29(25-27-15-13-12-14-16-27)36(47)50-33-19-21-41(8)31(39(33,4)5)18-23-42(9)32(41)26-30(46)35-28(17-22-43(35,42)10)44(11)24-20-34(51-44)40(6,7)49/h12-16,28-35,46,49H,17-26H2,1-11H3,(H,45,48)/t28-,29-,30+,31-,32+,33-,34-,35-,41-,42+,43+,44-/m0/s1. The molecule has 52 heavy (non-hydrogen) atoms. The summed E-state index contributed by atoms with van der Waals surface area (Å²) in [6, 6.07) is 8.83. The van der Waals surface area contributed by atoms with E-state index in [1.165, 1.54) is 0 Å². The molecule has 0 radical (unpaired) electrons. The van der Waals surface area contributed by atoms with E-state index in [2.05, 4.69) is 46.9 Å². The van der Waals surface area contributed by atoms with Crippen molar-refractivity contribution < 1.29 is 34.0 Å². The zero-order valence-corrected chi connectivity index (χ0v) is 34.0. The van der Waals surface area contributed by atoms with Crippen molar-refractivity contribution in [2.75, 3.05) is 0 Å². The lowest BCUT2D eigenvalue weighted by Gasteiger charge is -2.70. The van der Waals surface area contributed by atoms with Crippen LogP contribution in [0.5, 0.6) is 0 Å². The average molecular weight is 724 g/mol. The molecule has 0 unspecified atom stereocenters. The third-order valence-corrected chi connectivity index (χ3v) is 15.7. The van der Waals surface area contributed by atoms with Crippen LogP contribution in [0.1, 0.15) is 140 Å². The first kappa shape index (κ1) is 39.5. The Morgan fingerprint density at radius 2 is 1.54 bits per heavy atom. The highest BCUT2D eigenvalue weighted by atomic mass is 16.6. The summed E-state index contributed by atoms with van der Waals surface area (Å²) in [5.41, 5.74) is -1.29. The summed E-state index contributed by atoms with van der Waals surface area (Å²) in [4.78, 5) is 26.9. The van der Waals surface area contributed by atoms with Crippen LogP contribution in [0.2, 0.25) is 0 Å². The van der Waals surface area contributed by atoms with Crippen LogP contribution >= 0.6 is 0 Å². The Morgan fingerprint density at radius 3 is 2.15 bits per heavy atom. The predicted molar refractivity (Wildman–Crippen MR) is 202 cm³/mol. The van der Waals surface area contributed by atoms with Crippen LogP contribution in [0.4, 0.5) is 4.79 Å². The van der Waals surface area contributed by atoms with Gasteiger partial charge in [-0.2, -0.15) is 0 Å². The zero-order valence-electron chi connectivity index (χ0n) is 34.0. The van der Waals surface area contributed by atoms with Gasteiger partial charge >= 0.3 is 12.1 Å². The molecule has 1 amide bonds. The lowest BCUT2D eigenvalue weighted by Crippen LogP contribution is -2.67.